The van der Waals surface area contributed by atoms with Gasteiger partial charge in [0.15, 0.2) is 0 Å². The van der Waals surface area contributed by atoms with Gasteiger partial charge in [0.25, 0.3) is 0 Å². The van der Waals surface area contributed by atoms with Crippen molar-refractivity contribution in [1.29, 1.82) is 0 Å². The van der Waals surface area contributed by atoms with Crippen LogP contribution in [-0.4, -0.2) is 47.8 Å². The second kappa shape index (κ2) is 13.5. The summed E-state index contributed by atoms with van der Waals surface area (Å²) in [5, 5.41) is 18.7. The molecule has 0 aliphatic carbocycles. The van der Waals surface area contributed by atoms with Crippen LogP contribution in [0.15, 0.2) is 0 Å². The summed E-state index contributed by atoms with van der Waals surface area (Å²) in [6.07, 6.45) is 19.7. The maximum absolute atomic E-state index is 9.36. The van der Waals surface area contributed by atoms with Gasteiger partial charge in [-0.2, -0.15) is 0 Å². The second-order valence-corrected chi connectivity index (χ2v) is 12.0. The second-order valence-electron chi connectivity index (χ2n) is 12.0. The Balaban J connectivity index is 1.47. The summed E-state index contributed by atoms with van der Waals surface area (Å²) < 4.78 is 12.6. The van der Waals surface area contributed by atoms with Crippen LogP contribution in [0.2, 0.25) is 0 Å². The van der Waals surface area contributed by atoms with E-state index in [1.165, 1.54) is 83.5 Å². The number of rotatable bonds is 16. The van der Waals surface area contributed by atoms with Crippen LogP contribution < -0.4 is 0 Å². The minimum atomic E-state index is 0.0667. The molecule has 2 rings (SSSR count). The van der Waals surface area contributed by atoms with E-state index >= 15 is 0 Å². The summed E-state index contributed by atoms with van der Waals surface area (Å²) in [5.74, 6) is 0. The summed E-state index contributed by atoms with van der Waals surface area (Å²) in [4.78, 5) is 0. The molecule has 0 aromatic heterocycles. The third kappa shape index (κ3) is 11.0. The van der Waals surface area contributed by atoms with Gasteiger partial charge in [-0.25, -0.2) is 0 Å². The van der Waals surface area contributed by atoms with Gasteiger partial charge in [-0.05, 0) is 81.5 Å². The summed E-state index contributed by atoms with van der Waals surface area (Å²) >= 11 is 0. The molecular weight excluding hydrogens is 388 g/mol. The van der Waals surface area contributed by atoms with Gasteiger partial charge in [-0.3, -0.25) is 0 Å². The average Bonchev–Trinajstić information content (AvgIpc) is 3.38. The molecule has 2 heterocycles. The fourth-order valence-corrected chi connectivity index (χ4v) is 5.09. The van der Waals surface area contributed by atoms with E-state index < -0.39 is 0 Å². The van der Waals surface area contributed by atoms with Crippen LogP contribution in [0.3, 0.4) is 0 Å². The highest BCUT2D eigenvalue weighted by molar-refractivity contribution is 4.78. The van der Waals surface area contributed by atoms with E-state index in [0.717, 1.165) is 12.8 Å². The zero-order chi connectivity index (χ0) is 22.7. The van der Waals surface area contributed by atoms with E-state index in [4.69, 9.17) is 9.47 Å². The molecule has 184 valence electrons. The molecule has 2 N–H and O–H groups in total. The van der Waals surface area contributed by atoms with Crippen LogP contribution in [-0.2, 0) is 9.47 Å². The monoisotopic (exact) mass is 440 g/mol. The van der Waals surface area contributed by atoms with Gasteiger partial charge in [0, 0.05) is 13.2 Å². The van der Waals surface area contributed by atoms with Gasteiger partial charge in [0.2, 0.25) is 0 Å². The predicted octanol–water partition coefficient (Wildman–Crippen LogP) is 6.41. The molecule has 0 aromatic carbocycles. The molecule has 2 saturated heterocycles. The molecule has 4 nitrogen and oxygen atoms in total. The molecule has 2 aliphatic heterocycles. The first-order valence-electron chi connectivity index (χ1n) is 13.3. The number of aliphatic hydroxyl groups is 2. The van der Waals surface area contributed by atoms with Gasteiger partial charge in [0.1, 0.15) is 0 Å². The molecule has 0 saturated carbocycles. The predicted molar refractivity (Wildman–Crippen MR) is 128 cm³/mol. The molecule has 0 amide bonds. The van der Waals surface area contributed by atoms with Crippen LogP contribution in [0.1, 0.15) is 124 Å². The van der Waals surface area contributed by atoms with Crippen LogP contribution in [0.5, 0.6) is 0 Å². The van der Waals surface area contributed by atoms with E-state index in [2.05, 4.69) is 27.7 Å². The Hall–Kier alpha value is -0.160. The lowest BCUT2D eigenvalue weighted by Crippen LogP contribution is -2.17. The van der Waals surface area contributed by atoms with Gasteiger partial charge >= 0.3 is 0 Å². The standard InChI is InChI=1S/C27H52O4/c1-26(2,20-28)18-7-5-10-22-14-16-24(30-22)12-9-13-25-17-15-23(31-25)11-6-8-19-27(3,4)21-29/h22-25,28-29H,5-21H2,1-4H3. The molecule has 0 bridgehead atoms. The Morgan fingerprint density at radius 3 is 1.19 bits per heavy atom. The summed E-state index contributed by atoms with van der Waals surface area (Å²) in [5.41, 5.74) is 0.133. The van der Waals surface area contributed by atoms with Gasteiger partial charge in [-0.15, -0.1) is 0 Å². The number of hydrogen-bond acceptors (Lipinski definition) is 4. The highest BCUT2D eigenvalue weighted by atomic mass is 16.5. The zero-order valence-corrected chi connectivity index (χ0v) is 21.0. The first-order valence-corrected chi connectivity index (χ1v) is 13.3. The number of ether oxygens (including phenoxy) is 2. The molecule has 4 atom stereocenters. The Labute approximate surface area is 192 Å². The Morgan fingerprint density at radius 1 is 0.548 bits per heavy atom. The van der Waals surface area contributed by atoms with Gasteiger partial charge < -0.3 is 19.7 Å². The first kappa shape index (κ1) is 27.1. The lowest BCUT2D eigenvalue weighted by molar-refractivity contribution is 0.0187. The fraction of sp³-hybridized carbons (Fsp3) is 1.00. The quantitative estimate of drug-likeness (QED) is 0.272. The molecule has 0 radical (unpaired) electrons. The third-order valence-corrected chi connectivity index (χ3v) is 7.56. The van der Waals surface area contributed by atoms with Gasteiger partial charge in [-0.1, -0.05) is 53.4 Å². The minimum Gasteiger partial charge on any atom is -0.396 e. The van der Waals surface area contributed by atoms with Crippen molar-refractivity contribution in [3.8, 4) is 0 Å². The highest BCUT2D eigenvalue weighted by Crippen LogP contribution is 2.31. The van der Waals surface area contributed by atoms with Crippen LogP contribution in [0.25, 0.3) is 0 Å². The first-order chi connectivity index (χ1) is 14.7. The largest absolute Gasteiger partial charge is 0.396 e. The lowest BCUT2D eigenvalue weighted by Gasteiger charge is -2.21. The maximum Gasteiger partial charge on any atom is 0.0579 e. The van der Waals surface area contributed by atoms with Crippen molar-refractivity contribution in [2.45, 2.75) is 148 Å². The topological polar surface area (TPSA) is 58.9 Å². The molecule has 31 heavy (non-hydrogen) atoms. The van der Waals surface area contributed by atoms with Crippen molar-refractivity contribution in [1.82, 2.24) is 0 Å². The van der Waals surface area contributed by atoms with Crippen molar-refractivity contribution >= 4 is 0 Å². The SMILES string of the molecule is CC(C)(CO)CCCCC1CCC(CCCC2CCC(CCCCC(C)(C)CO)O2)O1. The lowest BCUT2D eigenvalue weighted by atomic mass is 9.88. The van der Waals surface area contributed by atoms with Crippen molar-refractivity contribution < 1.29 is 19.7 Å². The van der Waals surface area contributed by atoms with Crippen LogP contribution in [0, 0.1) is 10.8 Å². The van der Waals surface area contributed by atoms with Crippen LogP contribution in [0.4, 0.5) is 0 Å². The Morgan fingerprint density at radius 2 is 0.871 bits per heavy atom. The van der Waals surface area contributed by atoms with Crippen molar-refractivity contribution in [2.24, 2.45) is 10.8 Å². The minimum absolute atomic E-state index is 0.0667. The summed E-state index contributed by atoms with van der Waals surface area (Å²) in [6.45, 7) is 9.14. The molecule has 2 aliphatic rings. The maximum atomic E-state index is 9.36. The molecule has 0 aromatic rings. The van der Waals surface area contributed by atoms with Crippen molar-refractivity contribution in [2.75, 3.05) is 13.2 Å². The molecule has 0 spiro atoms. The molecule has 2 fully saturated rings. The Kier molecular flexibility index (Phi) is 11.8. The van der Waals surface area contributed by atoms with E-state index in [1.54, 1.807) is 0 Å². The van der Waals surface area contributed by atoms with E-state index in [1.807, 2.05) is 0 Å². The molecule has 4 unspecified atom stereocenters. The normalized spacial score (nSPS) is 27.3. The number of unbranched alkanes of at least 4 members (excludes halogenated alkanes) is 2. The zero-order valence-electron chi connectivity index (χ0n) is 21.0. The summed E-state index contributed by atoms with van der Waals surface area (Å²) in [6, 6.07) is 0. The number of hydrogen-bond donors (Lipinski definition) is 2. The van der Waals surface area contributed by atoms with Crippen molar-refractivity contribution in [3.63, 3.8) is 0 Å². The average molecular weight is 441 g/mol. The van der Waals surface area contributed by atoms with Crippen molar-refractivity contribution in [3.05, 3.63) is 0 Å². The molecule has 4 heteroatoms. The van der Waals surface area contributed by atoms with E-state index in [9.17, 15) is 10.2 Å². The third-order valence-electron chi connectivity index (χ3n) is 7.56. The highest BCUT2D eigenvalue weighted by Gasteiger charge is 2.28. The summed E-state index contributed by atoms with van der Waals surface area (Å²) in [7, 11) is 0. The Bertz CT molecular complexity index is 434. The smallest absolute Gasteiger partial charge is 0.0579 e. The van der Waals surface area contributed by atoms with E-state index in [0.29, 0.717) is 24.4 Å². The van der Waals surface area contributed by atoms with Crippen LogP contribution >= 0.6 is 0 Å². The number of aliphatic hydroxyl groups excluding tert-OH is 2. The molecular formula is C27H52O4. The van der Waals surface area contributed by atoms with E-state index in [-0.39, 0.29) is 24.0 Å². The fourth-order valence-electron chi connectivity index (χ4n) is 5.09. The van der Waals surface area contributed by atoms with Gasteiger partial charge in [0.05, 0.1) is 24.4 Å².